The third-order valence-corrected chi connectivity index (χ3v) is 4.46. The highest BCUT2D eigenvalue weighted by Crippen LogP contribution is 2.39. The predicted molar refractivity (Wildman–Crippen MR) is 97.7 cm³/mol. The number of nitro groups is 1. The summed E-state index contributed by atoms with van der Waals surface area (Å²) in [6.45, 7) is -0.343. The molecule has 1 saturated heterocycles. The second-order valence-corrected chi connectivity index (χ2v) is 6.36. The van der Waals surface area contributed by atoms with Crippen molar-refractivity contribution in [2.45, 2.75) is 6.54 Å². The number of carbonyl (C=O) groups is 3. The van der Waals surface area contributed by atoms with Gasteiger partial charge in [-0.2, -0.15) is 0 Å². The van der Waals surface area contributed by atoms with Gasteiger partial charge < -0.3 is 9.47 Å². The lowest BCUT2D eigenvalue weighted by Crippen LogP contribution is -2.53. The van der Waals surface area contributed by atoms with Crippen LogP contribution in [0.4, 0.5) is 14.9 Å². The number of fused-ring (bicyclic) bond motifs is 1. The van der Waals surface area contributed by atoms with Crippen molar-refractivity contribution in [2.75, 3.05) is 6.79 Å². The lowest BCUT2D eigenvalue weighted by molar-refractivity contribution is -0.385. The number of imide groups is 2. The topological polar surface area (TPSA) is 128 Å². The number of urea groups is 1. The highest BCUT2D eigenvalue weighted by molar-refractivity contribution is 6.31. The molecule has 2 aromatic rings. The van der Waals surface area contributed by atoms with Crippen LogP contribution in [0.25, 0.3) is 6.08 Å². The van der Waals surface area contributed by atoms with Crippen molar-refractivity contribution < 1.29 is 33.2 Å². The lowest BCUT2D eigenvalue weighted by atomic mass is 10.0. The number of hydrogen-bond acceptors (Lipinski definition) is 7. The van der Waals surface area contributed by atoms with Crippen LogP contribution in [-0.2, 0) is 16.1 Å². The molecule has 2 aliphatic rings. The number of rotatable bonds is 4. The molecule has 30 heavy (non-hydrogen) atoms. The van der Waals surface area contributed by atoms with Crippen molar-refractivity contribution in [2.24, 2.45) is 0 Å². The molecule has 0 aromatic heterocycles. The number of hydrogen-bond donors (Lipinski definition) is 1. The van der Waals surface area contributed by atoms with Gasteiger partial charge in [-0.15, -0.1) is 0 Å². The van der Waals surface area contributed by atoms with Crippen LogP contribution in [-0.4, -0.2) is 34.5 Å². The van der Waals surface area contributed by atoms with Gasteiger partial charge in [-0.05, 0) is 29.8 Å². The second-order valence-electron chi connectivity index (χ2n) is 6.36. The van der Waals surface area contributed by atoms with E-state index in [4.69, 9.17) is 9.47 Å². The molecule has 1 N–H and O–H groups in total. The lowest BCUT2D eigenvalue weighted by Gasteiger charge is -2.26. The van der Waals surface area contributed by atoms with Crippen molar-refractivity contribution in [3.05, 3.63) is 69.0 Å². The van der Waals surface area contributed by atoms with E-state index in [1.807, 2.05) is 5.32 Å². The fourth-order valence-electron chi connectivity index (χ4n) is 2.99. The van der Waals surface area contributed by atoms with Gasteiger partial charge in [0, 0.05) is 0 Å². The third-order valence-electron chi connectivity index (χ3n) is 4.46. The van der Waals surface area contributed by atoms with Gasteiger partial charge in [-0.1, -0.05) is 12.1 Å². The van der Waals surface area contributed by atoms with Crippen LogP contribution < -0.4 is 14.8 Å². The van der Waals surface area contributed by atoms with Gasteiger partial charge in [-0.3, -0.25) is 29.9 Å². The maximum Gasteiger partial charge on any atom is 0.331 e. The Balaban J connectivity index is 1.71. The number of carbonyl (C=O) groups excluding carboxylic acids is 3. The minimum absolute atomic E-state index is 0.0705. The summed E-state index contributed by atoms with van der Waals surface area (Å²) in [6, 6.07) is 6.55. The summed E-state index contributed by atoms with van der Waals surface area (Å²) in [5, 5.41) is 13.4. The van der Waals surface area contributed by atoms with Crippen LogP contribution in [0, 0.1) is 15.9 Å². The SMILES string of the molecule is O=C1NC(=O)N(Cc2ccc(F)cc2)C(=O)/C1=C/c1cc2c(cc1[N+](=O)[O-])OCO2. The predicted octanol–water partition coefficient (Wildman–Crippen LogP) is 2.12. The average Bonchev–Trinajstić information content (AvgIpc) is 3.16. The van der Waals surface area contributed by atoms with Gasteiger partial charge in [0.15, 0.2) is 11.5 Å². The number of halogens is 1. The summed E-state index contributed by atoms with van der Waals surface area (Å²) in [7, 11) is 0. The van der Waals surface area contributed by atoms with E-state index in [0.717, 1.165) is 17.0 Å². The summed E-state index contributed by atoms with van der Waals surface area (Å²) in [5.41, 5.74) is -0.505. The van der Waals surface area contributed by atoms with Crippen LogP contribution in [0.2, 0.25) is 0 Å². The number of amides is 4. The zero-order valence-electron chi connectivity index (χ0n) is 15.1. The molecule has 0 atom stereocenters. The first kappa shape index (κ1) is 19.1. The number of benzene rings is 2. The van der Waals surface area contributed by atoms with Crippen molar-refractivity contribution in [1.29, 1.82) is 0 Å². The molecule has 152 valence electrons. The van der Waals surface area contributed by atoms with E-state index >= 15 is 0 Å². The van der Waals surface area contributed by atoms with E-state index in [1.54, 1.807) is 0 Å². The Morgan fingerprint density at radius 3 is 2.47 bits per heavy atom. The van der Waals surface area contributed by atoms with Crippen molar-refractivity contribution >= 4 is 29.6 Å². The maximum absolute atomic E-state index is 13.1. The first-order chi connectivity index (χ1) is 14.3. The maximum atomic E-state index is 13.1. The summed E-state index contributed by atoms with van der Waals surface area (Å²) in [6.07, 6.45) is 1.02. The minimum Gasteiger partial charge on any atom is -0.454 e. The summed E-state index contributed by atoms with van der Waals surface area (Å²) < 4.78 is 23.4. The largest absolute Gasteiger partial charge is 0.454 e. The highest BCUT2D eigenvalue weighted by atomic mass is 19.1. The quantitative estimate of drug-likeness (QED) is 0.352. The Morgan fingerprint density at radius 1 is 1.13 bits per heavy atom. The number of nitro benzene ring substituents is 1. The Bertz CT molecular complexity index is 1130. The fourth-order valence-corrected chi connectivity index (χ4v) is 2.99. The summed E-state index contributed by atoms with van der Waals surface area (Å²) in [5.74, 6) is -2.04. The van der Waals surface area contributed by atoms with Gasteiger partial charge in [0.25, 0.3) is 17.5 Å². The smallest absolute Gasteiger partial charge is 0.331 e. The number of ether oxygens (including phenoxy) is 2. The standard InChI is InChI=1S/C19H12FN3O7/c20-12-3-1-10(2-4-12)8-22-18(25)13(17(24)21-19(22)26)5-11-6-15-16(30-9-29-15)7-14(11)23(27)28/h1-7H,8-9H2,(H,21,24,26)/b13-5+. The molecule has 2 heterocycles. The Kier molecular flexibility index (Phi) is 4.62. The molecular weight excluding hydrogens is 401 g/mol. The van der Waals surface area contributed by atoms with E-state index in [-0.39, 0.29) is 30.4 Å². The number of nitrogens with one attached hydrogen (secondary N) is 1. The number of nitrogens with zero attached hydrogens (tertiary/aromatic N) is 2. The molecule has 2 aromatic carbocycles. The molecule has 0 bridgehead atoms. The zero-order valence-corrected chi connectivity index (χ0v) is 15.1. The second kappa shape index (κ2) is 7.28. The van der Waals surface area contributed by atoms with Gasteiger partial charge in [-0.25, -0.2) is 9.18 Å². The molecule has 0 aliphatic carbocycles. The minimum atomic E-state index is -0.993. The Morgan fingerprint density at radius 2 is 1.80 bits per heavy atom. The fraction of sp³-hybridized carbons (Fsp3) is 0.105. The normalized spacial score (nSPS) is 16.8. The van der Waals surface area contributed by atoms with Crippen LogP contribution in [0.15, 0.2) is 42.0 Å². The molecule has 4 amide bonds. The molecular formula is C19H12FN3O7. The molecule has 1 fully saturated rings. The summed E-state index contributed by atoms with van der Waals surface area (Å²) in [4.78, 5) is 48.7. The van der Waals surface area contributed by atoms with Gasteiger partial charge in [0.05, 0.1) is 23.1 Å². The van der Waals surface area contributed by atoms with Crippen LogP contribution >= 0.6 is 0 Å². The zero-order chi connectivity index (χ0) is 21.4. The molecule has 0 spiro atoms. The highest BCUT2D eigenvalue weighted by Gasteiger charge is 2.36. The Labute approximate surface area is 167 Å². The van der Waals surface area contributed by atoms with E-state index in [9.17, 15) is 28.9 Å². The molecule has 4 rings (SSSR count). The first-order valence-corrected chi connectivity index (χ1v) is 8.55. The van der Waals surface area contributed by atoms with Gasteiger partial charge in [0.2, 0.25) is 6.79 Å². The van der Waals surface area contributed by atoms with Crippen molar-refractivity contribution in [1.82, 2.24) is 10.2 Å². The summed E-state index contributed by atoms with van der Waals surface area (Å²) >= 11 is 0. The third kappa shape index (κ3) is 3.43. The number of barbiturate groups is 1. The molecule has 0 unspecified atom stereocenters. The molecule has 0 radical (unpaired) electrons. The van der Waals surface area contributed by atoms with E-state index < -0.39 is 39.8 Å². The molecule has 0 saturated carbocycles. The molecule has 11 heteroatoms. The van der Waals surface area contributed by atoms with E-state index in [0.29, 0.717) is 5.56 Å². The first-order valence-electron chi connectivity index (χ1n) is 8.55. The van der Waals surface area contributed by atoms with Crippen LogP contribution in [0.1, 0.15) is 11.1 Å². The average molecular weight is 413 g/mol. The van der Waals surface area contributed by atoms with Crippen LogP contribution in [0.3, 0.4) is 0 Å². The Hall–Kier alpha value is -4.28. The molecule has 2 aliphatic heterocycles. The van der Waals surface area contributed by atoms with Crippen LogP contribution in [0.5, 0.6) is 11.5 Å². The van der Waals surface area contributed by atoms with E-state index in [1.165, 1.54) is 30.3 Å². The van der Waals surface area contributed by atoms with Gasteiger partial charge in [0.1, 0.15) is 11.4 Å². The monoisotopic (exact) mass is 413 g/mol. The van der Waals surface area contributed by atoms with Crippen molar-refractivity contribution in [3.8, 4) is 11.5 Å². The van der Waals surface area contributed by atoms with E-state index in [2.05, 4.69) is 0 Å². The molecule has 10 nitrogen and oxygen atoms in total. The van der Waals surface area contributed by atoms with Gasteiger partial charge >= 0.3 is 6.03 Å². The van der Waals surface area contributed by atoms with Crippen molar-refractivity contribution in [3.63, 3.8) is 0 Å².